The van der Waals surface area contributed by atoms with E-state index in [-0.39, 0.29) is 50.7 Å². The summed E-state index contributed by atoms with van der Waals surface area (Å²) in [5.74, 6) is -0.651. The van der Waals surface area contributed by atoms with Gasteiger partial charge < -0.3 is 35.5 Å². The molecule has 0 aliphatic carbocycles. The number of hydrogen-bond donors (Lipinski definition) is 4. The smallest absolute Gasteiger partial charge is 0.265 e. The minimum atomic E-state index is -4.10. The fourth-order valence-corrected chi connectivity index (χ4v) is 18.2. The van der Waals surface area contributed by atoms with Crippen LogP contribution in [0.4, 0.5) is 45.5 Å². The molecule has 119 heavy (non-hydrogen) atoms. The van der Waals surface area contributed by atoms with Gasteiger partial charge in [0, 0.05) is 30.9 Å². The molecule has 0 fully saturated rings. The number of ether oxygens (including phenoxy) is 3. The molecule has 4 aromatic heterocycles. The Morgan fingerprint density at radius 3 is 0.950 bits per heavy atom. The van der Waals surface area contributed by atoms with Crippen molar-refractivity contribution in [3.8, 4) is 17.2 Å². The second-order valence-electron chi connectivity index (χ2n) is 27.2. The Bertz CT molecular complexity index is 6030. The molecule has 27 nitrogen and oxygen atoms in total. The molecule has 618 valence electrons. The molecular weight excluding hydrogens is 1590 g/mol. The van der Waals surface area contributed by atoms with Crippen LogP contribution in [0, 0.1) is 62.3 Å². The van der Waals surface area contributed by atoms with Crippen LogP contribution in [0.2, 0.25) is 0 Å². The largest absolute Gasteiger partial charge is 0.497 e. The molecule has 4 heterocycles. The van der Waals surface area contributed by atoms with Crippen molar-refractivity contribution in [2.75, 3.05) is 86.0 Å². The van der Waals surface area contributed by atoms with Crippen LogP contribution in [0.25, 0.3) is 0 Å². The zero-order valence-electron chi connectivity index (χ0n) is 67.6. The zero-order valence-corrected chi connectivity index (χ0v) is 70.8. The highest BCUT2D eigenvalue weighted by atomic mass is 32.2. The Labute approximate surface area is 695 Å². The molecule has 0 bridgehead atoms. The predicted octanol–water partition coefficient (Wildman–Crippen LogP) is 14.5. The van der Waals surface area contributed by atoms with Crippen molar-refractivity contribution < 1.29 is 67.1 Å². The fraction of sp³-hybridized carbons (Fsp3) is 0.182. The summed E-state index contributed by atoms with van der Waals surface area (Å²) in [6.45, 7) is 14.9. The van der Waals surface area contributed by atoms with Crippen LogP contribution in [0.3, 0.4) is 0 Å². The van der Waals surface area contributed by atoms with Gasteiger partial charge in [0.2, 0.25) is 23.6 Å². The molecule has 12 rings (SSSR count). The van der Waals surface area contributed by atoms with Gasteiger partial charge in [0.05, 0.1) is 111 Å². The number of carbonyl (C=O) groups excluding carboxylic acids is 4. The minimum absolute atomic E-state index is 0.0616. The van der Waals surface area contributed by atoms with Gasteiger partial charge in [-0.05, 0) is 246 Å². The zero-order chi connectivity index (χ0) is 86.2. The Morgan fingerprint density at radius 1 is 0.294 bits per heavy atom. The molecular formula is C88H92N12O15S4. The summed E-state index contributed by atoms with van der Waals surface area (Å²) in [5, 5.41) is 10.8. The number of aromatic nitrogens is 4. The van der Waals surface area contributed by atoms with Crippen molar-refractivity contribution in [3.05, 3.63) is 318 Å². The molecule has 4 N–H and O–H groups in total. The highest BCUT2D eigenvalue weighted by Gasteiger charge is 2.34. The number of pyridine rings is 4. The molecule has 0 radical (unpaired) electrons. The van der Waals surface area contributed by atoms with Gasteiger partial charge in [-0.1, -0.05) is 78.9 Å². The third kappa shape index (κ3) is 24.2. The molecule has 31 heteroatoms. The standard InChI is InChI=1S/C22H23N3O5S.C22H23N3O4S.2C22H23N3O3S/c1-16-6-4-8-19(12-16)31(27,28)25(15-22(26)24-17-7-5-11-23-14-17)20-13-18(29-2)9-10-21(20)30-3;1-16-6-7-17(2)21(13-16)25(15-22(26)24-18-5-4-12-23-14-18)30(27,28)20-10-8-19(29-3)9-11-20;1-16-6-4-8-20(12-16)29(27,28)25(21-13-17(2)9-10-18(21)3)15-22(26)24-19-7-5-11-23-14-19;1-16-10-11-17(2)20(13-16)25(15-22(26)24-19-8-6-12-23-14-19)29(27,28)21-9-5-4-7-18(21)3/h4-14H,15H2,1-3H3,(H,24,26);4-14H,15H2,1-3H3,(H,24,26);2*4-14H,15H2,1-3H3,(H,24,26). The molecule has 0 saturated carbocycles. The van der Waals surface area contributed by atoms with Gasteiger partial charge in [-0.15, -0.1) is 0 Å². The van der Waals surface area contributed by atoms with Crippen molar-refractivity contribution >= 4 is 109 Å². The average molecular weight is 1690 g/mol. The van der Waals surface area contributed by atoms with Gasteiger partial charge in [0.1, 0.15) is 43.4 Å². The third-order valence-corrected chi connectivity index (χ3v) is 25.2. The number of benzene rings is 8. The lowest BCUT2D eigenvalue weighted by Crippen LogP contribution is -2.39. The molecule has 4 amide bonds. The average Bonchev–Trinajstić information content (AvgIpc) is 0.817. The summed E-state index contributed by atoms with van der Waals surface area (Å²) >= 11 is 0. The fourth-order valence-electron chi connectivity index (χ4n) is 11.9. The molecule has 0 atom stereocenters. The van der Waals surface area contributed by atoms with Gasteiger partial charge in [-0.3, -0.25) is 56.3 Å². The van der Waals surface area contributed by atoms with Crippen LogP contribution in [0.15, 0.2) is 288 Å². The summed E-state index contributed by atoms with van der Waals surface area (Å²) in [4.78, 5) is 67.2. The van der Waals surface area contributed by atoms with Crippen molar-refractivity contribution in [2.45, 2.75) is 81.9 Å². The predicted molar refractivity (Wildman–Crippen MR) is 463 cm³/mol. The van der Waals surface area contributed by atoms with Gasteiger partial charge in [-0.25, -0.2) is 33.7 Å². The van der Waals surface area contributed by atoms with Gasteiger partial charge in [0.15, 0.2) is 0 Å². The first-order chi connectivity index (χ1) is 56.7. The number of nitrogens with zero attached hydrogens (tertiary/aromatic N) is 8. The Hall–Kier alpha value is -13.4. The van der Waals surface area contributed by atoms with E-state index in [1.54, 1.807) is 190 Å². The number of methoxy groups -OCH3 is 3. The topological polar surface area (TPSA) is 345 Å². The highest BCUT2D eigenvalue weighted by molar-refractivity contribution is 7.93. The first-order valence-electron chi connectivity index (χ1n) is 36.9. The summed E-state index contributed by atoms with van der Waals surface area (Å²) in [6, 6.07) is 60.8. The maximum Gasteiger partial charge on any atom is 0.265 e. The second kappa shape index (κ2) is 41.0. The Kier molecular flexibility index (Phi) is 30.8. The van der Waals surface area contributed by atoms with E-state index in [1.807, 2.05) is 90.9 Å². The van der Waals surface area contributed by atoms with Gasteiger partial charge in [0.25, 0.3) is 40.1 Å². The lowest BCUT2D eigenvalue weighted by Gasteiger charge is -2.26. The molecule has 0 aliphatic rings. The molecule has 12 aromatic rings. The van der Waals surface area contributed by atoms with E-state index < -0.39 is 70.3 Å². The molecule has 0 saturated heterocycles. The number of rotatable bonds is 27. The lowest BCUT2D eigenvalue weighted by atomic mass is 10.1. The van der Waals surface area contributed by atoms with Crippen LogP contribution < -0.4 is 52.7 Å². The number of sulfonamides is 4. The maximum atomic E-state index is 13.6. The molecule has 0 unspecified atom stereocenters. The van der Waals surface area contributed by atoms with Crippen molar-refractivity contribution in [1.29, 1.82) is 0 Å². The van der Waals surface area contributed by atoms with Crippen molar-refractivity contribution in [3.63, 3.8) is 0 Å². The van der Waals surface area contributed by atoms with Crippen LogP contribution in [0.1, 0.15) is 50.1 Å². The van der Waals surface area contributed by atoms with Crippen LogP contribution in [-0.2, 0) is 59.3 Å². The number of amides is 4. The van der Waals surface area contributed by atoms with E-state index in [9.17, 15) is 52.8 Å². The molecule has 8 aromatic carbocycles. The number of nitrogens with one attached hydrogen (secondary N) is 4. The number of carbonyl (C=O) groups is 4. The van der Waals surface area contributed by atoms with E-state index in [4.69, 9.17) is 14.2 Å². The van der Waals surface area contributed by atoms with Gasteiger partial charge >= 0.3 is 0 Å². The second-order valence-corrected chi connectivity index (χ2v) is 34.6. The SMILES string of the molecule is COc1ccc(OC)c(N(CC(=O)Nc2cccnc2)S(=O)(=O)c2cccc(C)c2)c1.COc1ccc(S(=O)(=O)N(CC(=O)Nc2cccnc2)c2cc(C)ccc2C)cc1.Cc1ccc(C)c(N(CC(=O)Nc2cccnc2)S(=O)(=O)c2ccccc2C)c1.Cc1cccc(S(=O)(=O)N(CC(=O)Nc2cccnc2)c2cc(C)ccc2C)c1. The molecule has 0 aliphatic heterocycles. The van der Waals surface area contributed by atoms with Crippen LogP contribution >= 0.6 is 0 Å². The summed E-state index contributed by atoms with van der Waals surface area (Å²) in [6.07, 6.45) is 12.4. The van der Waals surface area contributed by atoms with Crippen LogP contribution in [-0.4, -0.2) is 125 Å². The van der Waals surface area contributed by atoms with Crippen molar-refractivity contribution in [2.24, 2.45) is 0 Å². The Morgan fingerprint density at radius 2 is 0.622 bits per heavy atom. The maximum absolute atomic E-state index is 13.6. The van der Waals surface area contributed by atoms with E-state index in [2.05, 4.69) is 41.2 Å². The quantitative estimate of drug-likeness (QED) is 0.0371. The number of hydrogen-bond acceptors (Lipinski definition) is 19. The summed E-state index contributed by atoms with van der Waals surface area (Å²) < 4.78 is 128. The minimum Gasteiger partial charge on any atom is -0.497 e. The molecule has 0 spiro atoms. The summed E-state index contributed by atoms with van der Waals surface area (Å²) in [7, 11) is -11.6. The highest BCUT2D eigenvalue weighted by Crippen LogP contribution is 2.37. The summed E-state index contributed by atoms with van der Waals surface area (Å²) in [5.41, 5.74) is 10.8. The normalized spacial score (nSPS) is 11.1. The lowest BCUT2D eigenvalue weighted by molar-refractivity contribution is -0.115. The van der Waals surface area contributed by atoms with E-state index >= 15 is 0 Å². The van der Waals surface area contributed by atoms with Crippen LogP contribution in [0.5, 0.6) is 17.2 Å². The monoisotopic (exact) mass is 1680 g/mol. The third-order valence-electron chi connectivity index (χ3n) is 17.9. The van der Waals surface area contributed by atoms with E-state index in [1.165, 1.54) is 74.7 Å². The number of aryl methyl sites for hydroxylation is 9. The first kappa shape index (κ1) is 89.6. The van der Waals surface area contributed by atoms with E-state index in [0.717, 1.165) is 57.4 Å². The van der Waals surface area contributed by atoms with E-state index in [0.29, 0.717) is 56.9 Å². The van der Waals surface area contributed by atoms with Gasteiger partial charge in [-0.2, -0.15) is 0 Å². The Balaban J connectivity index is 0.000000181. The first-order valence-corrected chi connectivity index (χ1v) is 42.7. The van der Waals surface area contributed by atoms with Crippen molar-refractivity contribution in [1.82, 2.24) is 19.9 Å². The number of anilines is 8.